The standard InChI is InChI=1S/C16H19N5O3/c1-22-11-6-9(7-12(23-2)13(11)24-3)8-19-15-10-4-5-18-14(10)20-16(17)21-15/h4-7H,8H2,1-3H3,(H4,17,18,19,20,21). The number of nitrogens with zero attached hydrogens (tertiary/aromatic N) is 2. The van der Waals surface area contributed by atoms with Crippen molar-refractivity contribution in [3.8, 4) is 17.2 Å². The maximum Gasteiger partial charge on any atom is 0.223 e. The molecule has 0 aliphatic carbocycles. The Hall–Kier alpha value is -3.16. The monoisotopic (exact) mass is 329 g/mol. The Labute approximate surface area is 139 Å². The van der Waals surface area contributed by atoms with E-state index in [1.807, 2.05) is 18.2 Å². The SMILES string of the molecule is COc1cc(CNc2nc(N)nc3[nH]ccc23)cc(OC)c1OC. The molecule has 0 saturated heterocycles. The molecule has 126 valence electrons. The second kappa shape index (κ2) is 6.53. The number of aromatic amines is 1. The maximum absolute atomic E-state index is 5.74. The van der Waals surface area contributed by atoms with Crippen LogP contribution in [0.4, 0.5) is 11.8 Å². The number of methoxy groups -OCH3 is 3. The molecule has 0 aliphatic heterocycles. The van der Waals surface area contributed by atoms with Gasteiger partial charge < -0.3 is 30.2 Å². The van der Waals surface area contributed by atoms with Crippen molar-refractivity contribution in [3.63, 3.8) is 0 Å². The van der Waals surface area contributed by atoms with Crippen LogP contribution in [-0.4, -0.2) is 36.3 Å². The minimum Gasteiger partial charge on any atom is -0.493 e. The summed E-state index contributed by atoms with van der Waals surface area (Å²) >= 11 is 0. The Morgan fingerprint density at radius 3 is 2.42 bits per heavy atom. The zero-order valence-electron chi connectivity index (χ0n) is 13.7. The van der Waals surface area contributed by atoms with Crippen LogP contribution in [0.1, 0.15) is 5.56 Å². The van der Waals surface area contributed by atoms with Gasteiger partial charge >= 0.3 is 0 Å². The maximum atomic E-state index is 5.74. The second-order valence-corrected chi connectivity index (χ2v) is 5.06. The molecule has 4 N–H and O–H groups in total. The number of nitrogens with two attached hydrogens (primary N) is 1. The summed E-state index contributed by atoms with van der Waals surface area (Å²) in [5.74, 6) is 2.62. The highest BCUT2D eigenvalue weighted by molar-refractivity contribution is 5.87. The molecular weight excluding hydrogens is 310 g/mol. The number of aromatic nitrogens is 3. The van der Waals surface area contributed by atoms with Gasteiger partial charge in [0.2, 0.25) is 11.7 Å². The van der Waals surface area contributed by atoms with E-state index in [4.69, 9.17) is 19.9 Å². The zero-order valence-corrected chi connectivity index (χ0v) is 13.7. The van der Waals surface area contributed by atoms with Crippen LogP contribution in [0.25, 0.3) is 11.0 Å². The van der Waals surface area contributed by atoms with E-state index in [0.717, 1.165) is 10.9 Å². The van der Waals surface area contributed by atoms with Crippen molar-refractivity contribution in [2.45, 2.75) is 6.54 Å². The molecule has 1 aromatic carbocycles. The quantitative estimate of drug-likeness (QED) is 0.636. The van der Waals surface area contributed by atoms with Gasteiger partial charge in [0, 0.05) is 12.7 Å². The minimum atomic E-state index is 0.206. The van der Waals surface area contributed by atoms with Crippen molar-refractivity contribution < 1.29 is 14.2 Å². The van der Waals surface area contributed by atoms with Gasteiger partial charge in [0.1, 0.15) is 11.5 Å². The lowest BCUT2D eigenvalue weighted by atomic mass is 10.1. The molecule has 8 heteroatoms. The molecule has 0 radical (unpaired) electrons. The van der Waals surface area contributed by atoms with E-state index >= 15 is 0 Å². The van der Waals surface area contributed by atoms with Gasteiger partial charge in [-0.3, -0.25) is 0 Å². The number of rotatable bonds is 6. The van der Waals surface area contributed by atoms with E-state index < -0.39 is 0 Å². The average Bonchev–Trinajstić information content (AvgIpc) is 3.06. The number of hydrogen-bond acceptors (Lipinski definition) is 7. The van der Waals surface area contributed by atoms with Gasteiger partial charge in [-0.15, -0.1) is 0 Å². The summed E-state index contributed by atoms with van der Waals surface area (Å²) in [7, 11) is 4.75. The van der Waals surface area contributed by atoms with Crippen LogP contribution >= 0.6 is 0 Å². The summed E-state index contributed by atoms with van der Waals surface area (Å²) in [5, 5.41) is 4.14. The number of ether oxygens (including phenoxy) is 3. The predicted molar refractivity (Wildman–Crippen MR) is 91.7 cm³/mol. The van der Waals surface area contributed by atoms with E-state index in [9.17, 15) is 0 Å². The number of H-pyrrole nitrogens is 1. The molecule has 0 saturated carbocycles. The number of nitrogens with one attached hydrogen (secondary N) is 2. The molecule has 8 nitrogen and oxygen atoms in total. The van der Waals surface area contributed by atoms with Crippen LogP contribution < -0.4 is 25.3 Å². The van der Waals surface area contributed by atoms with Crippen LogP contribution in [-0.2, 0) is 6.54 Å². The molecular formula is C16H19N5O3. The lowest BCUT2D eigenvalue weighted by Gasteiger charge is -2.15. The molecule has 0 fully saturated rings. The van der Waals surface area contributed by atoms with Crippen molar-refractivity contribution in [3.05, 3.63) is 30.0 Å². The van der Waals surface area contributed by atoms with Crippen molar-refractivity contribution in [1.29, 1.82) is 0 Å². The zero-order chi connectivity index (χ0) is 17.1. The Balaban J connectivity index is 1.89. The smallest absolute Gasteiger partial charge is 0.223 e. The summed E-state index contributed by atoms with van der Waals surface area (Å²) < 4.78 is 16.1. The molecule has 3 aromatic rings. The van der Waals surface area contributed by atoms with E-state index in [-0.39, 0.29) is 5.95 Å². The largest absolute Gasteiger partial charge is 0.493 e. The Bertz CT molecular complexity index is 837. The highest BCUT2D eigenvalue weighted by Crippen LogP contribution is 2.38. The molecule has 0 atom stereocenters. The van der Waals surface area contributed by atoms with Gasteiger partial charge in [0.05, 0.1) is 26.7 Å². The first kappa shape index (κ1) is 15.7. The Morgan fingerprint density at radius 1 is 1.08 bits per heavy atom. The molecule has 0 aliphatic rings. The highest BCUT2D eigenvalue weighted by atomic mass is 16.5. The molecule has 0 unspecified atom stereocenters. The predicted octanol–water partition coefficient (Wildman–Crippen LogP) is 2.18. The summed E-state index contributed by atoms with van der Waals surface area (Å²) in [6.45, 7) is 0.507. The molecule has 0 amide bonds. The summed E-state index contributed by atoms with van der Waals surface area (Å²) in [6, 6.07) is 5.66. The van der Waals surface area contributed by atoms with E-state index in [1.165, 1.54) is 0 Å². The molecule has 0 bridgehead atoms. The van der Waals surface area contributed by atoms with Crippen molar-refractivity contribution in [1.82, 2.24) is 15.0 Å². The molecule has 2 aromatic heterocycles. The van der Waals surface area contributed by atoms with E-state index in [2.05, 4.69) is 20.3 Å². The van der Waals surface area contributed by atoms with Gasteiger partial charge in [-0.2, -0.15) is 9.97 Å². The first-order chi connectivity index (χ1) is 11.7. The van der Waals surface area contributed by atoms with Crippen molar-refractivity contribution in [2.75, 3.05) is 32.4 Å². The third-order valence-corrected chi connectivity index (χ3v) is 3.62. The fourth-order valence-corrected chi connectivity index (χ4v) is 2.52. The number of benzene rings is 1. The van der Waals surface area contributed by atoms with Gasteiger partial charge in [-0.1, -0.05) is 0 Å². The summed E-state index contributed by atoms with van der Waals surface area (Å²) in [6.07, 6.45) is 1.80. The van der Waals surface area contributed by atoms with Crippen molar-refractivity contribution in [2.24, 2.45) is 0 Å². The van der Waals surface area contributed by atoms with E-state index in [1.54, 1.807) is 27.5 Å². The van der Waals surface area contributed by atoms with Gasteiger partial charge in [0.25, 0.3) is 0 Å². The number of nitrogen functional groups attached to an aromatic ring is 1. The third kappa shape index (κ3) is 2.85. The summed E-state index contributed by atoms with van der Waals surface area (Å²) in [4.78, 5) is 11.4. The van der Waals surface area contributed by atoms with Crippen LogP contribution in [0.15, 0.2) is 24.4 Å². The van der Waals surface area contributed by atoms with Crippen LogP contribution in [0, 0.1) is 0 Å². The molecule has 3 rings (SSSR count). The normalized spacial score (nSPS) is 10.6. The highest BCUT2D eigenvalue weighted by Gasteiger charge is 2.14. The average molecular weight is 329 g/mol. The lowest BCUT2D eigenvalue weighted by molar-refractivity contribution is 0.324. The fraction of sp³-hybridized carbons (Fsp3) is 0.250. The number of anilines is 2. The molecule has 24 heavy (non-hydrogen) atoms. The summed E-state index contributed by atoms with van der Waals surface area (Å²) in [5.41, 5.74) is 7.38. The van der Waals surface area contributed by atoms with Crippen LogP contribution in [0.2, 0.25) is 0 Å². The third-order valence-electron chi connectivity index (χ3n) is 3.62. The van der Waals surface area contributed by atoms with E-state index in [0.29, 0.717) is 35.3 Å². The number of fused-ring (bicyclic) bond motifs is 1. The topological polar surface area (TPSA) is 107 Å². The van der Waals surface area contributed by atoms with Gasteiger partial charge in [-0.05, 0) is 23.8 Å². The van der Waals surface area contributed by atoms with Crippen molar-refractivity contribution >= 4 is 22.8 Å². The minimum absolute atomic E-state index is 0.206. The first-order valence-corrected chi connectivity index (χ1v) is 7.29. The second-order valence-electron chi connectivity index (χ2n) is 5.06. The fourth-order valence-electron chi connectivity index (χ4n) is 2.52. The van der Waals surface area contributed by atoms with Crippen LogP contribution in [0.3, 0.4) is 0 Å². The Morgan fingerprint density at radius 2 is 1.79 bits per heavy atom. The van der Waals surface area contributed by atoms with Gasteiger partial charge in [-0.25, -0.2) is 0 Å². The Kier molecular flexibility index (Phi) is 4.28. The lowest BCUT2D eigenvalue weighted by Crippen LogP contribution is -2.06. The molecule has 0 spiro atoms. The van der Waals surface area contributed by atoms with Crippen LogP contribution in [0.5, 0.6) is 17.2 Å². The first-order valence-electron chi connectivity index (χ1n) is 7.29. The molecule has 2 heterocycles. The number of hydrogen-bond donors (Lipinski definition) is 3. The van der Waals surface area contributed by atoms with Gasteiger partial charge in [0.15, 0.2) is 11.5 Å².